The van der Waals surface area contributed by atoms with Crippen molar-refractivity contribution in [1.29, 1.82) is 0 Å². The van der Waals surface area contributed by atoms with Gasteiger partial charge in [0.15, 0.2) is 0 Å². The van der Waals surface area contributed by atoms with E-state index in [0.717, 1.165) is 0 Å². The van der Waals surface area contributed by atoms with Crippen molar-refractivity contribution in [3.8, 4) is 12.3 Å². The molecule has 0 fully saturated rings. The SMILES string of the molecule is C#CC(CCNC(=O)CC)CC(O)CO. The van der Waals surface area contributed by atoms with E-state index in [2.05, 4.69) is 11.2 Å². The number of rotatable bonds is 7. The van der Waals surface area contributed by atoms with Crippen molar-refractivity contribution in [2.75, 3.05) is 13.2 Å². The Morgan fingerprint density at radius 2 is 2.27 bits per heavy atom. The summed E-state index contributed by atoms with van der Waals surface area (Å²) in [7, 11) is 0. The van der Waals surface area contributed by atoms with Crippen molar-refractivity contribution in [2.45, 2.75) is 32.3 Å². The van der Waals surface area contributed by atoms with Crippen LogP contribution in [0.5, 0.6) is 0 Å². The second-order valence-electron chi connectivity index (χ2n) is 3.43. The molecule has 0 bridgehead atoms. The summed E-state index contributed by atoms with van der Waals surface area (Å²) in [5.41, 5.74) is 0. The minimum atomic E-state index is -0.770. The molecule has 0 aliphatic rings. The molecule has 0 spiro atoms. The van der Waals surface area contributed by atoms with E-state index in [0.29, 0.717) is 25.8 Å². The van der Waals surface area contributed by atoms with Gasteiger partial charge in [0.05, 0.1) is 12.7 Å². The Morgan fingerprint density at radius 3 is 2.73 bits per heavy atom. The van der Waals surface area contributed by atoms with Crippen molar-refractivity contribution in [3.63, 3.8) is 0 Å². The average molecular weight is 213 g/mol. The number of aliphatic hydroxyl groups excluding tert-OH is 2. The third-order valence-electron chi connectivity index (χ3n) is 2.14. The van der Waals surface area contributed by atoms with Gasteiger partial charge in [-0.15, -0.1) is 12.3 Å². The van der Waals surface area contributed by atoms with E-state index in [1.807, 2.05) is 0 Å². The molecule has 4 nitrogen and oxygen atoms in total. The Hall–Kier alpha value is -1.05. The number of aliphatic hydroxyl groups is 2. The van der Waals surface area contributed by atoms with Crippen molar-refractivity contribution in [2.24, 2.45) is 5.92 Å². The normalized spacial score (nSPS) is 14.0. The van der Waals surface area contributed by atoms with Gasteiger partial charge >= 0.3 is 0 Å². The zero-order valence-electron chi connectivity index (χ0n) is 9.07. The van der Waals surface area contributed by atoms with Crippen LogP contribution in [0, 0.1) is 18.3 Å². The molecule has 15 heavy (non-hydrogen) atoms. The molecule has 0 saturated heterocycles. The molecule has 0 saturated carbocycles. The second-order valence-corrected chi connectivity index (χ2v) is 3.43. The summed E-state index contributed by atoms with van der Waals surface area (Å²) >= 11 is 0. The molecule has 2 unspecified atom stereocenters. The van der Waals surface area contributed by atoms with Crippen LogP contribution in [0.1, 0.15) is 26.2 Å². The summed E-state index contributed by atoms with van der Waals surface area (Å²) in [4.78, 5) is 10.9. The van der Waals surface area contributed by atoms with Crippen LogP contribution in [-0.4, -0.2) is 35.4 Å². The first-order chi connectivity index (χ1) is 7.13. The highest BCUT2D eigenvalue weighted by molar-refractivity contribution is 5.75. The second kappa shape index (κ2) is 8.27. The quantitative estimate of drug-likeness (QED) is 0.517. The van der Waals surface area contributed by atoms with Gasteiger partial charge in [-0.25, -0.2) is 0 Å². The monoisotopic (exact) mass is 213 g/mol. The molecular weight excluding hydrogens is 194 g/mol. The van der Waals surface area contributed by atoms with Gasteiger partial charge in [-0.2, -0.15) is 0 Å². The van der Waals surface area contributed by atoms with E-state index in [-0.39, 0.29) is 18.4 Å². The number of hydrogen-bond acceptors (Lipinski definition) is 3. The van der Waals surface area contributed by atoms with E-state index in [1.54, 1.807) is 6.92 Å². The number of hydrogen-bond donors (Lipinski definition) is 3. The lowest BCUT2D eigenvalue weighted by atomic mass is 9.99. The summed E-state index contributed by atoms with van der Waals surface area (Å²) in [6.45, 7) is 2.02. The van der Waals surface area contributed by atoms with E-state index in [1.165, 1.54) is 0 Å². The van der Waals surface area contributed by atoms with Crippen LogP contribution in [0.15, 0.2) is 0 Å². The summed E-state index contributed by atoms with van der Waals surface area (Å²) in [5, 5.41) is 20.5. The Labute approximate surface area is 90.7 Å². The van der Waals surface area contributed by atoms with Crippen LogP contribution >= 0.6 is 0 Å². The number of carbonyl (C=O) groups excluding carboxylic acids is 1. The number of carbonyl (C=O) groups is 1. The van der Waals surface area contributed by atoms with Gasteiger partial charge in [0, 0.05) is 18.9 Å². The highest BCUT2D eigenvalue weighted by atomic mass is 16.3. The first kappa shape index (κ1) is 13.9. The van der Waals surface area contributed by atoms with E-state index < -0.39 is 6.10 Å². The molecular formula is C11H19NO3. The first-order valence-corrected chi connectivity index (χ1v) is 5.15. The van der Waals surface area contributed by atoms with Crippen molar-refractivity contribution < 1.29 is 15.0 Å². The van der Waals surface area contributed by atoms with Gasteiger partial charge < -0.3 is 15.5 Å². The standard InChI is InChI=1S/C11H19NO3/c1-3-9(7-10(14)8-13)5-6-12-11(15)4-2/h1,9-10,13-14H,4-8H2,2H3,(H,12,15). The molecule has 0 aromatic carbocycles. The molecule has 0 aliphatic heterocycles. The topological polar surface area (TPSA) is 69.6 Å². The highest BCUT2D eigenvalue weighted by Crippen LogP contribution is 2.09. The Kier molecular flexibility index (Phi) is 7.69. The number of amides is 1. The van der Waals surface area contributed by atoms with Gasteiger partial charge in [0.1, 0.15) is 0 Å². The average Bonchev–Trinajstić information content (AvgIpc) is 2.26. The Balaban J connectivity index is 3.72. The molecule has 2 atom stereocenters. The third kappa shape index (κ3) is 6.95. The predicted octanol–water partition coefficient (Wildman–Crippen LogP) is -0.105. The van der Waals surface area contributed by atoms with Crippen LogP contribution in [0.2, 0.25) is 0 Å². The fraction of sp³-hybridized carbons (Fsp3) is 0.727. The summed E-state index contributed by atoms with van der Waals surface area (Å²) in [6.07, 6.45) is 5.95. The molecule has 0 radical (unpaired) electrons. The molecule has 0 heterocycles. The maximum absolute atomic E-state index is 10.9. The summed E-state index contributed by atoms with van der Waals surface area (Å²) < 4.78 is 0. The van der Waals surface area contributed by atoms with Crippen LogP contribution < -0.4 is 5.32 Å². The lowest BCUT2D eigenvalue weighted by Crippen LogP contribution is -2.26. The van der Waals surface area contributed by atoms with Crippen LogP contribution in [0.25, 0.3) is 0 Å². The maximum atomic E-state index is 10.9. The number of terminal acetylenes is 1. The third-order valence-corrected chi connectivity index (χ3v) is 2.14. The van der Waals surface area contributed by atoms with Crippen molar-refractivity contribution >= 4 is 5.91 Å². The maximum Gasteiger partial charge on any atom is 0.219 e. The van der Waals surface area contributed by atoms with Crippen LogP contribution in [-0.2, 0) is 4.79 Å². The minimum absolute atomic E-state index is 0.00604. The smallest absolute Gasteiger partial charge is 0.219 e. The molecule has 0 rings (SSSR count). The largest absolute Gasteiger partial charge is 0.394 e. The Bertz CT molecular complexity index is 222. The molecule has 1 amide bonds. The zero-order valence-corrected chi connectivity index (χ0v) is 9.07. The molecule has 0 aliphatic carbocycles. The molecule has 0 aromatic rings. The zero-order chi connectivity index (χ0) is 11.7. The molecule has 86 valence electrons. The van der Waals surface area contributed by atoms with Gasteiger partial charge in [-0.05, 0) is 12.8 Å². The lowest BCUT2D eigenvalue weighted by molar-refractivity contribution is -0.120. The van der Waals surface area contributed by atoms with E-state index in [9.17, 15) is 9.90 Å². The van der Waals surface area contributed by atoms with Crippen molar-refractivity contribution in [1.82, 2.24) is 5.32 Å². The van der Waals surface area contributed by atoms with Gasteiger partial charge in [0.25, 0.3) is 0 Å². The lowest BCUT2D eigenvalue weighted by Gasteiger charge is -2.14. The summed E-state index contributed by atoms with van der Waals surface area (Å²) in [5.74, 6) is 2.42. The highest BCUT2D eigenvalue weighted by Gasteiger charge is 2.11. The molecule has 0 aromatic heterocycles. The minimum Gasteiger partial charge on any atom is -0.394 e. The van der Waals surface area contributed by atoms with Crippen LogP contribution in [0.3, 0.4) is 0 Å². The van der Waals surface area contributed by atoms with Crippen molar-refractivity contribution in [3.05, 3.63) is 0 Å². The van der Waals surface area contributed by atoms with Gasteiger partial charge in [-0.3, -0.25) is 4.79 Å². The van der Waals surface area contributed by atoms with E-state index >= 15 is 0 Å². The molecule has 3 N–H and O–H groups in total. The fourth-order valence-corrected chi connectivity index (χ4v) is 1.18. The first-order valence-electron chi connectivity index (χ1n) is 5.15. The predicted molar refractivity (Wildman–Crippen MR) is 58.0 cm³/mol. The van der Waals surface area contributed by atoms with Gasteiger partial charge in [-0.1, -0.05) is 6.92 Å². The van der Waals surface area contributed by atoms with Gasteiger partial charge in [0.2, 0.25) is 5.91 Å². The van der Waals surface area contributed by atoms with Crippen LogP contribution in [0.4, 0.5) is 0 Å². The molecule has 4 heteroatoms. The Morgan fingerprint density at radius 1 is 1.60 bits per heavy atom. The summed E-state index contributed by atoms with van der Waals surface area (Å²) in [6, 6.07) is 0. The number of nitrogens with one attached hydrogen (secondary N) is 1. The van der Waals surface area contributed by atoms with E-state index in [4.69, 9.17) is 11.5 Å². The fourth-order valence-electron chi connectivity index (χ4n) is 1.18.